The molecular formula is C57H96O6. The number of rotatable bonds is 46. The van der Waals surface area contributed by atoms with Crippen LogP contribution in [0.25, 0.3) is 0 Å². The number of hydrogen-bond donors (Lipinski definition) is 0. The van der Waals surface area contributed by atoms with Gasteiger partial charge in [-0.1, -0.05) is 228 Å². The van der Waals surface area contributed by atoms with Crippen LogP contribution < -0.4 is 0 Å². The van der Waals surface area contributed by atoms with E-state index in [-0.39, 0.29) is 44.0 Å². The monoisotopic (exact) mass is 877 g/mol. The number of carbonyl (C=O) groups is 3. The lowest BCUT2D eigenvalue weighted by Crippen LogP contribution is -2.30. The zero-order chi connectivity index (χ0) is 45.8. The van der Waals surface area contributed by atoms with Crippen LogP contribution in [-0.2, 0) is 28.6 Å². The smallest absolute Gasteiger partial charge is 0.306 e. The Labute approximate surface area is 388 Å². The molecule has 0 rings (SSSR count). The molecule has 0 aromatic rings. The summed E-state index contributed by atoms with van der Waals surface area (Å²) in [7, 11) is 0. The lowest BCUT2D eigenvalue weighted by Gasteiger charge is -2.18. The first-order valence-corrected chi connectivity index (χ1v) is 26.1. The number of carbonyl (C=O) groups excluding carboxylic acids is 3. The molecule has 6 heteroatoms. The summed E-state index contributed by atoms with van der Waals surface area (Å²) in [6, 6.07) is 0. The van der Waals surface area contributed by atoms with Gasteiger partial charge in [0.25, 0.3) is 0 Å². The Morgan fingerprint density at radius 1 is 0.333 bits per heavy atom. The molecule has 0 aliphatic carbocycles. The van der Waals surface area contributed by atoms with Crippen molar-refractivity contribution in [3.05, 3.63) is 85.1 Å². The van der Waals surface area contributed by atoms with Crippen LogP contribution in [0.2, 0.25) is 0 Å². The van der Waals surface area contributed by atoms with E-state index >= 15 is 0 Å². The summed E-state index contributed by atoms with van der Waals surface area (Å²) in [6.07, 6.45) is 65.8. The van der Waals surface area contributed by atoms with Crippen molar-refractivity contribution in [2.24, 2.45) is 0 Å². The van der Waals surface area contributed by atoms with Crippen molar-refractivity contribution >= 4 is 17.9 Å². The second kappa shape index (κ2) is 51.2. The van der Waals surface area contributed by atoms with Crippen molar-refractivity contribution in [1.29, 1.82) is 0 Å². The summed E-state index contributed by atoms with van der Waals surface area (Å²) >= 11 is 0. The van der Waals surface area contributed by atoms with Crippen molar-refractivity contribution in [2.75, 3.05) is 13.2 Å². The van der Waals surface area contributed by atoms with Gasteiger partial charge in [-0.3, -0.25) is 14.4 Å². The maximum atomic E-state index is 12.8. The molecule has 360 valence electrons. The average Bonchev–Trinajstić information content (AvgIpc) is 3.28. The van der Waals surface area contributed by atoms with Crippen LogP contribution in [0.1, 0.15) is 239 Å². The molecule has 0 bridgehead atoms. The third-order valence-electron chi connectivity index (χ3n) is 10.9. The molecule has 0 heterocycles. The second-order valence-corrected chi connectivity index (χ2v) is 17.1. The first kappa shape index (κ1) is 59.6. The van der Waals surface area contributed by atoms with E-state index in [1.54, 1.807) is 0 Å². The molecule has 0 amide bonds. The molecule has 1 unspecified atom stereocenters. The topological polar surface area (TPSA) is 78.9 Å². The van der Waals surface area contributed by atoms with Gasteiger partial charge in [-0.25, -0.2) is 0 Å². The van der Waals surface area contributed by atoms with Gasteiger partial charge < -0.3 is 14.2 Å². The number of allylic oxidation sites excluding steroid dienone is 14. The molecule has 1 atom stereocenters. The van der Waals surface area contributed by atoms with Crippen LogP contribution in [0.4, 0.5) is 0 Å². The lowest BCUT2D eigenvalue weighted by atomic mass is 10.0. The fourth-order valence-corrected chi connectivity index (χ4v) is 7.00. The first-order valence-electron chi connectivity index (χ1n) is 26.1. The largest absolute Gasteiger partial charge is 0.462 e. The van der Waals surface area contributed by atoms with Crippen molar-refractivity contribution in [3.63, 3.8) is 0 Å². The molecular weight excluding hydrogens is 781 g/mol. The number of ether oxygens (including phenoxy) is 3. The highest BCUT2D eigenvalue weighted by Gasteiger charge is 2.19. The van der Waals surface area contributed by atoms with E-state index in [2.05, 4.69) is 99.8 Å². The molecule has 0 N–H and O–H groups in total. The molecule has 0 fully saturated rings. The summed E-state index contributed by atoms with van der Waals surface area (Å²) in [4.78, 5) is 37.9. The highest BCUT2D eigenvalue weighted by molar-refractivity contribution is 5.71. The average molecular weight is 877 g/mol. The maximum Gasteiger partial charge on any atom is 0.306 e. The Balaban J connectivity index is 4.52. The molecule has 0 aliphatic rings. The second-order valence-electron chi connectivity index (χ2n) is 17.1. The third-order valence-corrected chi connectivity index (χ3v) is 10.9. The maximum absolute atomic E-state index is 12.8. The zero-order valence-electron chi connectivity index (χ0n) is 41.1. The fraction of sp³-hybridized carbons (Fsp3) is 0.702. The van der Waals surface area contributed by atoms with Crippen molar-refractivity contribution in [2.45, 2.75) is 245 Å². The Morgan fingerprint density at radius 3 is 1.11 bits per heavy atom. The van der Waals surface area contributed by atoms with E-state index in [1.165, 1.54) is 116 Å². The van der Waals surface area contributed by atoms with Crippen LogP contribution in [0.3, 0.4) is 0 Å². The number of hydrogen-bond acceptors (Lipinski definition) is 6. The van der Waals surface area contributed by atoms with Gasteiger partial charge in [0.15, 0.2) is 6.10 Å². The van der Waals surface area contributed by atoms with Gasteiger partial charge in [0.2, 0.25) is 0 Å². The van der Waals surface area contributed by atoms with Gasteiger partial charge in [-0.05, 0) is 77.0 Å². The molecule has 0 aromatic heterocycles. The molecule has 0 saturated heterocycles. The summed E-state index contributed by atoms with van der Waals surface area (Å²) in [6.45, 7) is 6.42. The van der Waals surface area contributed by atoms with Gasteiger partial charge in [-0.2, -0.15) is 0 Å². The van der Waals surface area contributed by atoms with E-state index in [9.17, 15) is 14.4 Å². The summed E-state index contributed by atoms with van der Waals surface area (Å²) in [5, 5.41) is 0. The minimum atomic E-state index is -0.819. The van der Waals surface area contributed by atoms with Crippen molar-refractivity contribution in [3.8, 4) is 0 Å². The van der Waals surface area contributed by atoms with E-state index in [1.807, 2.05) is 6.08 Å². The summed E-state index contributed by atoms with van der Waals surface area (Å²) in [5.74, 6) is -1.04. The molecule has 0 radical (unpaired) electrons. The van der Waals surface area contributed by atoms with E-state index in [0.29, 0.717) is 19.3 Å². The predicted molar refractivity (Wildman–Crippen MR) is 270 cm³/mol. The Kier molecular flexibility index (Phi) is 48.5. The molecule has 0 aromatic carbocycles. The van der Waals surface area contributed by atoms with E-state index in [4.69, 9.17) is 14.2 Å². The Bertz CT molecular complexity index is 1240. The van der Waals surface area contributed by atoms with Crippen LogP contribution >= 0.6 is 0 Å². The standard InChI is InChI=1S/C57H96O6/c1-4-7-10-13-16-19-22-25-27-28-30-32-35-38-41-44-47-50-56(59)62-53-54(52-61-55(58)49-46-43-40-37-34-31-24-21-18-15-12-9-6-3)63-57(60)51-48-45-42-39-36-33-29-26-23-20-17-14-11-8-5-2/h7,10,16,19,25,27,30-32,34,38,40-41,43,54H,4-6,8-9,11-15,17-18,20-24,26,28-29,33,35-37,39,42,44-53H2,1-3H3/b10-7-,19-16-,27-25-,32-30-,34-31-,41-38-,43-40-. The van der Waals surface area contributed by atoms with Gasteiger partial charge in [0, 0.05) is 19.3 Å². The minimum Gasteiger partial charge on any atom is -0.462 e. The minimum absolute atomic E-state index is 0.122. The zero-order valence-corrected chi connectivity index (χ0v) is 41.1. The Hall–Kier alpha value is -3.41. The van der Waals surface area contributed by atoms with Gasteiger partial charge in [-0.15, -0.1) is 0 Å². The van der Waals surface area contributed by atoms with Crippen molar-refractivity contribution < 1.29 is 28.6 Å². The van der Waals surface area contributed by atoms with Crippen LogP contribution in [0.5, 0.6) is 0 Å². The van der Waals surface area contributed by atoms with E-state index in [0.717, 1.165) is 70.6 Å². The summed E-state index contributed by atoms with van der Waals surface area (Å²) in [5.41, 5.74) is 0. The van der Waals surface area contributed by atoms with Crippen LogP contribution in [0, 0.1) is 0 Å². The lowest BCUT2D eigenvalue weighted by molar-refractivity contribution is -0.166. The SMILES string of the molecule is CC/C=C\C/C=C\C/C=C\C/C=C\C/C=C\CCCC(=O)OCC(COC(=O)CC/C=C\C/C=C\CCCCCCCC)OC(=O)CCCCCCCCCCCCCCCCC. The van der Waals surface area contributed by atoms with Gasteiger partial charge in [0.05, 0.1) is 0 Å². The highest BCUT2D eigenvalue weighted by atomic mass is 16.6. The first-order chi connectivity index (χ1) is 31.0. The molecule has 6 nitrogen and oxygen atoms in total. The molecule has 63 heavy (non-hydrogen) atoms. The van der Waals surface area contributed by atoms with Gasteiger partial charge in [0.1, 0.15) is 13.2 Å². The summed E-state index contributed by atoms with van der Waals surface area (Å²) < 4.78 is 16.7. The van der Waals surface area contributed by atoms with Gasteiger partial charge >= 0.3 is 17.9 Å². The normalized spacial score (nSPS) is 12.7. The third kappa shape index (κ3) is 49.5. The molecule has 0 saturated carbocycles. The molecule has 0 spiro atoms. The fourth-order valence-electron chi connectivity index (χ4n) is 7.00. The quantitative estimate of drug-likeness (QED) is 0.0262. The Morgan fingerprint density at radius 2 is 0.667 bits per heavy atom. The molecule has 0 aliphatic heterocycles. The van der Waals surface area contributed by atoms with Crippen LogP contribution in [0.15, 0.2) is 85.1 Å². The van der Waals surface area contributed by atoms with Crippen LogP contribution in [-0.4, -0.2) is 37.2 Å². The van der Waals surface area contributed by atoms with Crippen molar-refractivity contribution in [1.82, 2.24) is 0 Å². The predicted octanol–water partition coefficient (Wildman–Crippen LogP) is 17.2. The number of unbranched alkanes of at least 4 members (excludes halogenated alkanes) is 21. The van der Waals surface area contributed by atoms with E-state index < -0.39 is 6.10 Å². The number of esters is 3. The highest BCUT2D eigenvalue weighted by Crippen LogP contribution is 2.15.